The lowest BCUT2D eigenvalue weighted by molar-refractivity contribution is -0.385. The number of nitrogens with zero attached hydrogens (tertiary/aromatic N) is 4. The summed E-state index contributed by atoms with van der Waals surface area (Å²) >= 11 is 0. The maximum Gasteiger partial charge on any atom is 0.305 e. The van der Waals surface area contributed by atoms with E-state index in [0.717, 1.165) is 45.7 Å². The number of hydrogen-bond acceptors (Lipinski definition) is 7. The van der Waals surface area contributed by atoms with Crippen LogP contribution in [0.15, 0.2) is 12.4 Å². The second-order valence-corrected chi connectivity index (χ2v) is 6.26. The summed E-state index contributed by atoms with van der Waals surface area (Å²) in [6.07, 6.45) is 8.58. The first-order valence-electron chi connectivity index (χ1n) is 8.23. The van der Waals surface area contributed by atoms with Gasteiger partial charge in [0.05, 0.1) is 18.1 Å². The first-order chi connectivity index (χ1) is 11.2. The van der Waals surface area contributed by atoms with Gasteiger partial charge in [0.25, 0.3) is 0 Å². The summed E-state index contributed by atoms with van der Waals surface area (Å²) in [5, 5.41) is 14.0. The lowest BCUT2D eigenvalue weighted by Crippen LogP contribution is -2.58. The van der Waals surface area contributed by atoms with Crippen LogP contribution in [0.25, 0.3) is 0 Å². The zero-order valence-electron chi connectivity index (χ0n) is 13.2. The van der Waals surface area contributed by atoms with Crippen molar-refractivity contribution >= 4 is 11.6 Å². The van der Waals surface area contributed by atoms with E-state index in [0.29, 0.717) is 5.95 Å². The minimum Gasteiger partial charge on any atom is -0.379 e. The lowest BCUT2D eigenvalue weighted by atomic mass is 9.80. The van der Waals surface area contributed by atoms with Gasteiger partial charge in [0.15, 0.2) is 0 Å². The van der Waals surface area contributed by atoms with Crippen molar-refractivity contribution < 1.29 is 9.66 Å². The summed E-state index contributed by atoms with van der Waals surface area (Å²) in [4.78, 5) is 20.8. The van der Waals surface area contributed by atoms with Gasteiger partial charge in [-0.05, 0) is 12.8 Å². The summed E-state index contributed by atoms with van der Waals surface area (Å²) in [7, 11) is 0. The van der Waals surface area contributed by atoms with Crippen LogP contribution in [0.4, 0.5) is 11.6 Å². The SMILES string of the molecule is O=[N+]([O-])c1cnc(NCC2(N3CCOCC3)CCCCC2)nc1. The van der Waals surface area contributed by atoms with E-state index in [-0.39, 0.29) is 11.2 Å². The molecule has 2 aliphatic rings. The van der Waals surface area contributed by atoms with Crippen molar-refractivity contribution in [3.8, 4) is 0 Å². The van der Waals surface area contributed by atoms with Gasteiger partial charge < -0.3 is 10.1 Å². The van der Waals surface area contributed by atoms with E-state index in [1.165, 1.54) is 31.7 Å². The standard InChI is InChI=1S/C15H23N5O3/c21-20(22)13-10-16-14(17-11-13)18-12-15(4-2-1-3-5-15)19-6-8-23-9-7-19/h10-11H,1-9,12H2,(H,16,17,18). The van der Waals surface area contributed by atoms with Crippen molar-refractivity contribution in [2.75, 3.05) is 38.2 Å². The van der Waals surface area contributed by atoms with E-state index in [1.807, 2.05) is 0 Å². The monoisotopic (exact) mass is 321 g/mol. The molecule has 1 aromatic heterocycles. The van der Waals surface area contributed by atoms with E-state index in [9.17, 15) is 10.1 Å². The largest absolute Gasteiger partial charge is 0.379 e. The molecule has 0 amide bonds. The Labute approximate surface area is 135 Å². The highest BCUT2D eigenvalue weighted by Crippen LogP contribution is 2.34. The van der Waals surface area contributed by atoms with Gasteiger partial charge in [0.2, 0.25) is 5.95 Å². The number of ether oxygens (including phenoxy) is 1. The summed E-state index contributed by atoms with van der Waals surface area (Å²) in [6, 6.07) is 0. The van der Waals surface area contributed by atoms with Crippen molar-refractivity contribution in [2.45, 2.75) is 37.6 Å². The highest BCUT2D eigenvalue weighted by molar-refractivity contribution is 5.31. The van der Waals surface area contributed by atoms with E-state index in [1.54, 1.807) is 0 Å². The third-order valence-corrected chi connectivity index (χ3v) is 4.89. The molecule has 1 saturated heterocycles. The normalized spacial score (nSPS) is 21.7. The first kappa shape index (κ1) is 16.1. The summed E-state index contributed by atoms with van der Waals surface area (Å²) in [5.41, 5.74) is 0.0313. The molecule has 1 saturated carbocycles. The van der Waals surface area contributed by atoms with Gasteiger partial charge >= 0.3 is 5.69 Å². The molecule has 8 nitrogen and oxygen atoms in total. The molecule has 0 spiro atoms. The Morgan fingerprint density at radius 3 is 2.48 bits per heavy atom. The number of hydrogen-bond donors (Lipinski definition) is 1. The van der Waals surface area contributed by atoms with Gasteiger partial charge in [-0.2, -0.15) is 0 Å². The molecule has 0 bridgehead atoms. The second-order valence-electron chi connectivity index (χ2n) is 6.26. The lowest BCUT2D eigenvalue weighted by Gasteiger charge is -2.48. The molecule has 2 fully saturated rings. The fraction of sp³-hybridized carbons (Fsp3) is 0.733. The Bertz CT molecular complexity index is 524. The topological polar surface area (TPSA) is 93.4 Å². The Morgan fingerprint density at radius 2 is 1.87 bits per heavy atom. The minimum absolute atomic E-state index is 0.0869. The Balaban J connectivity index is 1.67. The molecular weight excluding hydrogens is 298 g/mol. The molecule has 1 aliphatic heterocycles. The second kappa shape index (κ2) is 7.18. The van der Waals surface area contributed by atoms with Crippen molar-refractivity contribution in [1.82, 2.24) is 14.9 Å². The Kier molecular flexibility index (Phi) is 5.02. The number of anilines is 1. The van der Waals surface area contributed by atoms with Gasteiger partial charge in [-0.15, -0.1) is 0 Å². The molecule has 0 aromatic carbocycles. The average Bonchev–Trinajstić information content (AvgIpc) is 2.62. The van der Waals surface area contributed by atoms with Gasteiger partial charge in [0, 0.05) is 25.2 Å². The fourth-order valence-corrected chi connectivity index (χ4v) is 3.60. The van der Waals surface area contributed by atoms with Crippen molar-refractivity contribution in [3.63, 3.8) is 0 Å². The molecular formula is C15H23N5O3. The predicted molar refractivity (Wildman–Crippen MR) is 85.4 cm³/mol. The number of morpholine rings is 1. The molecule has 1 aliphatic carbocycles. The average molecular weight is 321 g/mol. The van der Waals surface area contributed by atoms with Crippen LogP contribution in [0.5, 0.6) is 0 Å². The van der Waals surface area contributed by atoms with E-state index in [2.05, 4.69) is 20.2 Å². The van der Waals surface area contributed by atoms with E-state index >= 15 is 0 Å². The van der Waals surface area contributed by atoms with E-state index in [4.69, 9.17) is 4.74 Å². The molecule has 1 N–H and O–H groups in total. The molecule has 0 atom stereocenters. The number of rotatable bonds is 5. The summed E-state index contributed by atoms with van der Waals surface area (Å²) in [5.74, 6) is 0.453. The third-order valence-electron chi connectivity index (χ3n) is 4.89. The third kappa shape index (κ3) is 3.76. The number of nitro groups is 1. The molecule has 8 heteroatoms. The van der Waals surface area contributed by atoms with Crippen LogP contribution < -0.4 is 5.32 Å². The van der Waals surface area contributed by atoms with Crippen LogP contribution in [0.1, 0.15) is 32.1 Å². The fourth-order valence-electron chi connectivity index (χ4n) is 3.60. The highest BCUT2D eigenvalue weighted by atomic mass is 16.6. The molecule has 1 aromatic rings. The van der Waals surface area contributed by atoms with Gasteiger partial charge in [0.1, 0.15) is 12.4 Å². The molecule has 0 unspecified atom stereocenters. The molecule has 3 rings (SSSR count). The van der Waals surface area contributed by atoms with Gasteiger partial charge in [-0.1, -0.05) is 19.3 Å². The number of nitrogens with one attached hydrogen (secondary N) is 1. The summed E-state index contributed by atoms with van der Waals surface area (Å²) < 4.78 is 5.48. The first-order valence-corrected chi connectivity index (χ1v) is 8.23. The highest BCUT2D eigenvalue weighted by Gasteiger charge is 2.38. The van der Waals surface area contributed by atoms with Crippen molar-refractivity contribution in [3.05, 3.63) is 22.5 Å². The van der Waals surface area contributed by atoms with E-state index < -0.39 is 4.92 Å². The minimum atomic E-state index is -0.486. The molecule has 23 heavy (non-hydrogen) atoms. The maximum absolute atomic E-state index is 10.7. The van der Waals surface area contributed by atoms with Crippen molar-refractivity contribution in [2.24, 2.45) is 0 Å². The number of aromatic nitrogens is 2. The van der Waals surface area contributed by atoms with Crippen LogP contribution in [-0.4, -0.2) is 58.2 Å². The maximum atomic E-state index is 10.7. The molecule has 126 valence electrons. The Hall–Kier alpha value is -1.80. The summed E-state index contributed by atoms with van der Waals surface area (Å²) in [6.45, 7) is 4.27. The van der Waals surface area contributed by atoms with Gasteiger partial charge in [-0.3, -0.25) is 15.0 Å². The zero-order chi connectivity index (χ0) is 16.1. The quantitative estimate of drug-likeness (QED) is 0.653. The van der Waals surface area contributed by atoms with Crippen LogP contribution in [0.3, 0.4) is 0 Å². The van der Waals surface area contributed by atoms with Crippen molar-refractivity contribution in [1.29, 1.82) is 0 Å². The smallest absolute Gasteiger partial charge is 0.305 e. The van der Waals surface area contributed by atoms with Crippen LogP contribution in [-0.2, 0) is 4.74 Å². The predicted octanol–water partition coefficient (Wildman–Crippen LogP) is 1.83. The molecule has 0 radical (unpaired) electrons. The van der Waals surface area contributed by atoms with Crippen LogP contribution >= 0.6 is 0 Å². The van der Waals surface area contributed by atoms with Crippen LogP contribution in [0.2, 0.25) is 0 Å². The zero-order valence-corrected chi connectivity index (χ0v) is 13.2. The van der Waals surface area contributed by atoms with Gasteiger partial charge in [-0.25, -0.2) is 9.97 Å². The Morgan fingerprint density at radius 1 is 1.22 bits per heavy atom. The molecule has 2 heterocycles. The van der Waals surface area contributed by atoms with Crippen LogP contribution in [0, 0.1) is 10.1 Å².